The lowest BCUT2D eigenvalue weighted by Crippen LogP contribution is -2.18. The van der Waals surface area contributed by atoms with E-state index in [-0.39, 0.29) is 5.82 Å². The summed E-state index contributed by atoms with van der Waals surface area (Å²) in [7, 11) is 0. The fraction of sp³-hybridized carbons (Fsp3) is 0.375. The van der Waals surface area contributed by atoms with Crippen molar-refractivity contribution in [1.29, 1.82) is 0 Å². The van der Waals surface area contributed by atoms with Gasteiger partial charge in [0.1, 0.15) is 5.82 Å². The van der Waals surface area contributed by atoms with Crippen LogP contribution in [0.4, 0.5) is 4.39 Å². The van der Waals surface area contributed by atoms with E-state index < -0.39 is 0 Å². The molecule has 1 aromatic heterocycles. The Kier molecular flexibility index (Phi) is 4.04. The highest BCUT2D eigenvalue weighted by Crippen LogP contribution is 2.25. The third-order valence-electron chi connectivity index (χ3n) is 3.74. The zero-order valence-corrected chi connectivity index (χ0v) is 13.7. The molecule has 1 aliphatic rings. The maximum absolute atomic E-state index is 13.3. The second-order valence-corrected chi connectivity index (χ2v) is 6.33. The Balaban J connectivity index is 1.90. The van der Waals surface area contributed by atoms with E-state index in [0.717, 1.165) is 29.1 Å². The highest BCUT2D eigenvalue weighted by molar-refractivity contribution is 9.10. The number of aromatic nitrogens is 2. The molecule has 0 amide bonds. The topological polar surface area (TPSA) is 37.8 Å². The zero-order valence-electron chi connectivity index (χ0n) is 12.1. The normalized spacial score (nSPS) is 14.5. The molecule has 110 valence electrons. The van der Waals surface area contributed by atoms with Crippen LogP contribution in [0.5, 0.6) is 0 Å². The second-order valence-electron chi connectivity index (χ2n) is 5.48. The van der Waals surface area contributed by atoms with Gasteiger partial charge in [-0.2, -0.15) is 0 Å². The van der Waals surface area contributed by atoms with E-state index in [2.05, 4.69) is 31.2 Å². The van der Waals surface area contributed by atoms with Crippen molar-refractivity contribution >= 4 is 15.9 Å². The van der Waals surface area contributed by atoms with Gasteiger partial charge in [-0.15, -0.1) is 0 Å². The summed E-state index contributed by atoms with van der Waals surface area (Å²) in [6.07, 6.45) is 2.53. The fourth-order valence-electron chi connectivity index (χ4n) is 2.29. The van der Waals surface area contributed by atoms with Gasteiger partial charge in [-0.25, -0.2) is 14.4 Å². The lowest BCUT2D eigenvalue weighted by Gasteiger charge is -2.12. The van der Waals surface area contributed by atoms with E-state index in [1.165, 1.54) is 18.9 Å². The van der Waals surface area contributed by atoms with E-state index in [4.69, 9.17) is 0 Å². The van der Waals surface area contributed by atoms with Gasteiger partial charge in [-0.05, 0) is 60.8 Å². The first kappa shape index (κ1) is 14.6. The van der Waals surface area contributed by atoms with Crippen molar-refractivity contribution in [2.45, 2.75) is 39.3 Å². The van der Waals surface area contributed by atoms with E-state index in [1.807, 2.05) is 13.8 Å². The Morgan fingerprint density at radius 3 is 2.48 bits per heavy atom. The smallest absolute Gasteiger partial charge is 0.159 e. The van der Waals surface area contributed by atoms with Gasteiger partial charge in [0, 0.05) is 35.1 Å². The van der Waals surface area contributed by atoms with Crippen LogP contribution in [0.3, 0.4) is 0 Å². The molecule has 3 rings (SSSR count). The summed E-state index contributed by atoms with van der Waals surface area (Å²) >= 11 is 3.20. The second kappa shape index (κ2) is 5.81. The summed E-state index contributed by atoms with van der Waals surface area (Å²) in [4.78, 5) is 9.16. The number of nitrogens with zero attached hydrogens (tertiary/aromatic N) is 2. The van der Waals surface area contributed by atoms with E-state index in [9.17, 15) is 4.39 Å². The highest BCUT2D eigenvalue weighted by Gasteiger charge is 2.21. The molecule has 1 fully saturated rings. The average Bonchev–Trinajstić information content (AvgIpc) is 3.25. The molecule has 0 unspecified atom stereocenters. The third kappa shape index (κ3) is 3.30. The summed E-state index contributed by atoms with van der Waals surface area (Å²) in [5.41, 5.74) is 3.93. The molecule has 0 aliphatic heterocycles. The van der Waals surface area contributed by atoms with Crippen molar-refractivity contribution < 1.29 is 4.39 Å². The van der Waals surface area contributed by atoms with Crippen molar-refractivity contribution in [3.8, 4) is 11.4 Å². The van der Waals surface area contributed by atoms with Gasteiger partial charge < -0.3 is 5.32 Å². The number of halogens is 2. The first-order chi connectivity index (χ1) is 10.0. The predicted molar refractivity (Wildman–Crippen MR) is 84.5 cm³/mol. The summed E-state index contributed by atoms with van der Waals surface area (Å²) in [6.45, 7) is 4.82. The Morgan fingerprint density at radius 1 is 1.24 bits per heavy atom. The van der Waals surface area contributed by atoms with Crippen LogP contribution in [0.25, 0.3) is 11.4 Å². The van der Waals surface area contributed by atoms with Crippen LogP contribution in [-0.4, -0.2) is 16.0 Å². The molecule has 0 saturated heterocycles. The van der Waals surface area contributed by atoms with Gasteiger partial charge in [-0.3, -0.25) is 0 Å². The fourth-order valence-corrected chi connectivity index (χ4v) is 2.67. The van der Waals surface area contributed by atoms with Gasteiger partial charge in [-0.1, -0.05) is 0 Å². The maximum Gasteiger partial charge on any atom is 0.159 e. The van der Waals surface area contributed by atoms with Gasteiger partial charge in [0.25, 0.3) is 0 Å². The molecule has 0 radical (unpaired) electrons. The molecule has 3 nitrogen and oxygen atoms in total. The van der Waals surface area contributed by atoms with Gasteiger partial charge in [0.2, 0.25) is 0 Å². The lowest BCUT2D eigenvalue weighted by atomic mass is 10.1. The number of benzene rings is 1. The third-order valence-corrected chi connectivity index (χ3v) is 4.35. The van der Waals surface area contributed by atoms with Crippen molar-refractivity contribution in [3.05, 3.63) is 45.4 Å². The minimum absolute atomic E-state index is 0.280. The number of hydrogen-bond acceptors (Lipinski definition) is 3. The number of rotatable bonds is 4. The molecule has 2 aromatic rings. The standard InChI is InChI=1S/C16H17BrFN3/c1-9-13(8-19-12-4-5-12)10(2)21-16(20-9)11-3-6-15(18)14(17)7-11/h3,6-7,12,19H,4-5,8H2,1-2H3. The Bertz CT molecular complexity index is 660. The van der Waals surface area contributed by atoms with Crippen molar-refractivity contribution in [3.63, 3.8) is 0 Å². The average molecular weight is 350 g/mol. The quantitative estimate of drug-likeness (QED) is 0.909. The molecule has 5 heteroatoms. The zero-order chi connectivity index (χ0) is 15.0. The first-order valence-corrected chi connectivity index (χ1v) is 7.87. The minimum Gasteiger partial charge on any atom is -0.310 e. The van der Waals surface area contributed by atoms with Crippen molar-refractivity contribution in [2.24, 2.45) is 0 Å². The monoisotopic (exact) mass is 349 g/mol. The maximum atomic E-state index is 13.3. The van der Waals surface area contributed by atoms with E-state index >= 15 is 0 Å². The number of hydrogen-bond donors (Lipinski definition) is 1. The Hall–Kier alpha value is -1.33. The van der Waals surface area contributed by atoms with Crippen molar-refractivity contribution in [1.82, 2.24) is 15.3 Å². The molecule has 0 bridgehead atoms. The highest BCUT2D eigenvalue weighted by atomic mass is 79.9. The summed E-state index contributed by atoms with van der Waals surface area (Å²) in [6, 6.07) is 5.51. The van der Waals surface area contributed by atoms with Gasteiger partial charge in [0.15, 0.2) is 5.82 Å². The van der Waals surface area contributed by atoms with Gasteiger partial charge >= 0.3 is 0 Å². The van der Waals surface area contributed by atoms with Gasteiger partial charge in [0.05, 0.1) is 4.47 Å². The van der Waals surface area contributed by atoms with Crippen LogP contribution in [0.1, 0.15) is 29.8 Å². The Morgan fingerprint density at radius 2 is 1.90 bits per heavy atom. The van der Waals surface area contributed by atoms with Crippen LogP contribution in [0.15, 0.2) is 22.7 Å². The molecular weight excluding hydrogens is 333 g/mol. The number of aryl methyl sites for hydroxylation is 2. The summed E-state index contributed by atoms with van der Waals surface area (Å²) in [5.74, 6) is 0.360. The van der Waals surface area contributed by atoms with Crippen LogP contribution < -0.4 is 5.32 Å². The minimum atomic E-state index is -0.280. The molecule has 21 heavy (non-hydrogen) atoms. The van der Waals surface area contributed by atoms with Crippen LogP contribution in [0, 0.1) is 19.7 Å². The molecule has 0 atom stereocenters. The summed E-state index contributed by atoms with van der Waals surface area (Å²) < 4.78 is 13.8. The lowest BCUT2D eigenvalue weighted by molar-refractivity contribution is 0.621. The van der Waals surface area contributed by atoms with Crippen LogP contribution in [-0.2, 0) is 6.54 Å². The molecular formula is C16H17BrFN3. The molecule has 1 heterocycles. The summed E-state index contributed by atoms with van der Waals surface area (Å²) in [5, 5.41) is 3.49. The molecule has 1 aromatic carbocycles. The Labute approximate surface area is 132 Å². The largest absolute Gasteiger partial charge is 0.310 e. The SMILES string of the molecule is Cc1nc(-c2ccc(F)c(Br)c2)nc(C)c1CNC1CC1. The number of nitrogens with one attached hydrogen (secondary N) is 1. The predicted octanol–water partition coefficient (Wildman–Crippen LogP) is 3.91. The molecule has 0 spiro atoms. The van der Waals surface area contributed by atoms with Crippen LogP contribution in [0.2, 0.25) is 0 Å². The van der Waals surface area contributed by atoms with Crippen LogP contribution >= 0.6 is 15.9 Å². The molecule has 1 N–H and O–H groups in total. The molecule has 1 saturated carbocycles. The van der Waals surface area contributed by atoms with Crippen molar-refractivity contribution in [2.75, 3.05) is 0 Å². The van der Waals surface area contributed by atoms with E-state index in [0.29, 0.717) is 16.3 Å². The van der Waals surface area contributed by atoms with E-state index in [1.54, 1.807) is 12.1 Å². The molecule has 1 aliphatic carbocycles. The first-order valence-electron chi connectivity index (χ1n) is 7.07.